The van der Waals surface area contributed by atoms with E-state index in [1.807, 2.05) is 19.1 Å². The predicted octanol–water partition coefficient (Wildman–Crippen LogP) is 3.37. The molecule has 6 heteroatoms. The molecule has 0 fully saturated rings. The predicted molar refractivity (Wildman–Crippen MR) is 74.8 cm³/mol. The van der Waals surface area contributed by atoms with Gasteiger partial charge in [0.1, 0.15) is 23.8 Å². The van der Waals surface area contributed by atoms with Crippen LogP contribution in [0.5, 0.6) is 5.75 Å². The summed E-state index contributed by atoms with van der Waals surface area (Å²) >= 11 is 12.1. The maximum absolute atomic E-state index is 6.15. The van der Waals surface area contributed by atoms with Crippen molar-refractivity contribution in [3.05, 3.63) is 45.3 Å². The van der Waals surface area contributed by atoms with Gasteiger partial charge in [-0.2, -0.15) is 0 Å². The molecule has 0 spiro atoms. The molecule has 1 aromatic carbocycles. The van der Waals surface area contributed by atoms with E-state index < -0.39 is 0 Å². The molecule has 0 amide bonds. The molecule has 1 heterocycles. The second-order valence-corrected chi connectivity index (χ2v) is 4.98. The molecule has 0 bridgehead atoms. The summed E-state index contributed by atoms with van der Waals surface area (Å²) in [5.41, 5.74) is 7.17. The van der Waals surface area contributed by atoms with Gasteiger partial charge >= 0.3 is 0 Å². The van der Waals surface area contributed by atoms with Gasteiger partial charge in [-0.25, -0.2) is 0 Å². The van der Waals surface area contributed by atoms with Crippen LogP contribution in [0.15, 0.2) is 22.7 Å². The Balaban J connectivity index is 2.18. The summed E-state index contributed by atoms with van der Waals surface area (Å²) in [5, 5.41) is 4.90. The standard InChI is InChI=1S/C13H14Cl2N2O2/c1-8-4-11(17-19-8)7-18-13-9(2-3-16)5-10(14)6-12(13)15/h4-6H,2-3,7,16H2,1H3. The highest BCUT2D eigenvalue weighted by atomic mass is 35.5. The highest BCUT2D eigenvalue weighted by molar-refractivity contribution is 6.35. The molecule has 0 radical (unpaired) electrons. The highest BCUT2D eigenvalue weighted by Crippen LogP contribution is 2.33. The summed E-state index contributed by atoms with van der Waals surface area (Å²) in [6.07, 6.45) is 0.646. The second-order valence-electron chi connectivity index (χ2n) is 4.13. The Labute approximate surface area is 121 Å². The van der Waals surface area contributed by atoms with Crippen LogP contribution in [-0.2, 0) is 13.0 Å². The molecular weight excluding hydrogens is 287 g/mol. The van der Waals surface area contributed by atoms with E-state index in [0.29, 0.717) is 34.5 Å². The lowest BCUT2D eigenvalue weighted by atomic mass is 10.1. The number of aryl methyl sites for hydroxylation is 1. The van der Waals surface area contributed by atoms with Gasteiger partial charge in [0.15, 0.2) is 0 Å². The normalized spacial score (nSPS) is 10.7. The van der Waals surface area contributed by atoms with Gasteiger partial charge in [-0.3, -0.25) is 0 Å². The number of aromatic nitrogens is 1. The zero-order valence-corrected chi connectivity index (χ0v) is 12.0. The quantitative estimate of drug-likeness (QED) is 0.919. The summed E-state index contributed by atoms with van der Waals surface area (Å²) in [4.78, 5) is 0. The van der Waals surface area contributed by atoms with Crippen LogP contribution >= 0.6 is 23.2 Å². The number of benzene rings is 1. The van der Waals surface area contributed by atoms with Crippen LogP contribution in [0.2, 0.25) is 10.0 Å². The molecule has 19 heavy (non-hydrogen) atoms. The summed E-state index contributed by atoms with van der Waals surface area (Å²) in [7, 11) is 0. The van der Waals surface area contributed by atoms with E-state index >= 15 is 0 Å². The van der Waals surface area contributed by atoms with Crippen molar-refractivity contribution in [1.82, 2.24) is 5.16 Å². The fourth-order valence-electron chi connectivity index (χ4n) is 1.75. The molecule has 0 atom stereocenters. The van der Waals surface area contributed by atoms with E-state index in [2.05, 4.69) is 5.16 Å². The lowest BCUT2D eigenvalue weighted by Crippen LogP contribution is -2.06. The van der Waals surface area contributed by atoms with Crippen molar-refractivity contribution in [1.29, 1.82) is 0 Å². The molecule has 4 nitrogen and oxygen atoms in total. The number of hydrogen-bond acceptors (Lipinski definition) is 4. The lowest BCUT2D eigenvalue weighted by Gasteiger charge is -2.12. The molecule has 0 aliphatic carbocycles. The molecular formula is C13H14Cl2N2O2. The number of ether oxygens (including phenoxy) is 1. The topological polar surface area (TPSA) is 61.3 Å². The van der Waals surface area contributed by atoms with Crippen molar-refractivity contribution in [3.63, 3.8) is 0 Å². The van der Waals surface area contributed by atoms with E-state index in [9.17, 15) is 0 Å². The lowest BCUT2D eigenvalue weighted by molar-refractivity contribution is 0.285. The van der Waals surface area contributed by atoms with Crippen LogP contribution in [-0.4, -0.2) is 11.7 Å². The minimum atomic E-state index is 0.288. The third-order valence-electron chi connectivity index (χ3n) is 2.54. The Bertz CT molecular complexity index is 570. The first kappa shape index (κ1) is 14.2. The molecule has 2 aromatic rings. The van der Waals surface area contributed by atoms with Crippen molar-refractivity contribution in [3.8, 4) is 5.75 Å². The van der Waals surface area contributed by atoms with Crippen molar-refractivity contribution < 1.29 is 9.26 Å². The van der Waals surface area contributed by atoms with Gasteiger partial charge in [0.05, 0.1) is 5.02 Å². The largest absolute Gasteiger partial charge is 0.485 e. The third-order valence-corrected chi connectivity index (χ3v) is 3.04. The van der Waals surface area contributed by atoms with Gasteiger partial charge in [0.25, 0.3) is 0 Å². The highest BCUT2D eigenvalue weighted by Gasteiger charge is 2.11. The van der Waals surface area contributed by atoms with Gasteiger partial charge in [-0.15, -0.1) is 0 Å². The Kier molecular flexibility index (Phi) is 4.69. The van der Waals surface area contributed by atoms with Crippen molar-refractivity contribution in [2.24, 2.45) is 5.73 Å². The van der Waals surface area contributed by atoms with Crippen LogP contribution < -0.4 is 10.5 Å². The minimum Gasteiger partial charge on any atom is -0.485 e. The van der Waals surface area contributed by atoms with Crippen molar-refractivity contribution in [2.45, 2.75) is 20.0 Å². The average molecular weight is 301 g/mol. The Hall–Kier alpha value is -1.23. The number of hydrogen-bond donors (Lipinski definition) is 1. The van der Waals surface area contributed by atoms with Crippen molar-refractivity contribution in [2.75, 3.05) is 6.54 Å². The molecule has 0 unspecified atom stereocenters. The number of halogens is 2. The van der Waals surface area contributed by atoms with E-state index in [-0.39, 0.29) is 6.61 Å². The van der Waals surface area contributed by atoms with E-state index in [1.54, 1.807) is 6.07 Å². The van der Waals surface area contributed by atoms with Crippen LogP contribution in [0.25, 0.3) is 0 Å². The SMILES string of the molecule is Cc1cc(COc2c(Cl)cc(Cl)cc2CCN)no1. The number of nitrogens with two attached hydrogens (primary N) is 1. The summed E-state index contributed by atoms with van der Waals surface area (Å²) in [5.74, 6) is 1.33. The van der Waals surface area contributed by atoms with Gasteiger partial charge in [-0.1, -0.05) is 28.4 Å². The second kappa shape index (κ2) is 6.28. The molecule has 2 rings (SSSR count). The number of nitrogens with zero attached hydrogens (tertiary/aromatic N) is 1. The van der Waals surface area contributed by atoms with E-state index in [1.165, 1.54) is 0 Å². The fourth-order valence-corrected chi connectivity index (χ4v) is 2.34. The minimum absolute atomic E-state index is 0.288. The zero-order chi connectivity index (χ0) is 13.8. The van der Waals surface area contributed by atoms with Gasteiger partial charge in [-0.05, 0) is 37.6 Å². The molecule has 0 aliphatic rings. The maximum Gasteiger partial charge on any atom is 0.141 e. The van der Waals surface area contributed by atoms with Crippen LogP contribution in [0.1, 0.15) is 17.0 Å². The first-order chi connectivity index (χ1) is 9.10. The first-order valence-electron chi connectivity index (χ1n) is 5.83. The molecule has 1 aromatic heterocycles. The summed E-state index contributed by atoms with van der Waals surface area (Å²) < 4.78 is 10.7. The monoisotopic (exact) mass is 300 g/mol. The molecule has 0 saturated carbocycles. The Morgan fingerprint density at radius 3 is 2.74 bits per heavy atom. The van der Waals surface area contributed by atoms with Gasteiger partial charge in [0, 0.05) is 11.1 Å². The summed E-state index contributed by atoms with van der Waals surface area (Å²) in [6.45, 7) is 2.61. The molecule has 0 aliphatic heterocycles. The van der Waals surface area contributed by atoms with E-state index in [0.717, 1.165) is 11.3 Å². The van der Waals surface area contributed by atoms with Crippen LogP contribution in [0.4, 0.5) is 0 Å². The van der Waals surface area contributed by atoms with E-state index in [4.69, 9.17) is 38.2 Å². The third kappa shape index (κ3) is 3.62. The van der Waals surface area contributed by atoms with Gasteiger partial charge < -0.3 is 15.0 Å². The van der Waals surface area contributed by atoms with Crippen LogP contribution in [0, 0.1) is 6.92 Å². The number of rotatable bonds is 5. The van der Waals surface area contributed by atoms with Crippen molar-refractivity contribution >= 4 is 23.2 Å². The molecule has 102 valence electrons. The smallest absolute Gasteiger partial charge is 0.141 e. The Morgan fingerprint density at radius 2 is 2.11 bits per heavy atom. The summed E-state index contributed by atoms with van der Waals surface area (Å²) in [6, 6.07) is 5.27. The average Bonchev–Trinajstić information content (AvgIpc) is 2.74. The first-order valence-corrected chi connectivity index (χ1v) is 6.58. The Morgan fingerprint density at radius 1 is 1.32 bits per heavy atom. The molecule has 2 N–H and O–H groups in total. The maximum atomic E-state index is 6.15. The zero-order valence-electron chi connectivity index (χ0n) is 10.5. The van der Waals surface area contributed by atoms with Gasteiger partial charge in [0.2, 0.25) is 0 Å². The fraction of sp³-hybridized carbons (Fsp3) is 0.308. The van der Waals surface area contributed by atoms with Crippen LogP contribution in [0.3, 0.4) is 0 Å². The molecule has 0 saturated heterocycles.